The molecule has 1 saturated heterocycles. The van der Waals surface area contributed by atoms with Crippen molar-refractivity contribution in [3.05, 3.63) is 40.8 Å². The van der Waals surface area contributed by atoms with E-state index in [1.165, 1.54) is 0 Å². The van der Waals surface area contributed by atoms with E-state index in [0.29, 0.717) is 12.8 Å². The maximum atomic E-state index is 12.7. The predicted molar refractivity (Wildman–Crippen MR) is 84.8 cm³/mol. The van der Waals surface area contributed by atoms with Crippen molar-refractivity contribution in [3.8, 4) is 0 Å². The number of carbonyl (C=O) groups is 1. The molecule has 23 heavy (non-hydrogen) atoms. The number of hydrogen-bond acceptors (Lipinski definition) is 5. The fourth-order valence-corrected chi connectivity index (χ4v) is 3.25. The van der Waals surface area contributed by atoms with Gasteiger partial charge in [0.1, 0.15) is 5.76 Å². The van der Waals surface area contributed by atoms with Crippen molar-refractivity contribution in [1.29, 1.82) is 0 Å². The summed E-state index contributed by atoms with van der Waals surface area (Å²) >= 11 is 0. The Bertz CT molecular complexity index is 691. The fourth-order valence-electron chi connectivity index (χ4n) is 3.25. The Morgan fingerprint density at radius 3 is 2.87 bits per heavy atom. The summed E-state index contributed by atoms with van der Waals surface area (Å²) in [5, 5.41) is 3.95. The van der Waals surface area contributed by atoms with Gasteiger partial charge in [-0.3, -0.25) is 14.8 Å². The molecule has 0 spiro atoms. The molecule has 0 saturated carbocycles. The quantitative estimate of drug-likeness (QED) is 0.867. The molecule has 0 N–H and O–H groups in total. The zero-order valence-corrected chi connectivity index (χ0v) is 13.9. The first-order valence-electron chi connectivity index (χ1n) is 8.06. The van der Waals surface area contributed by atoms with Gasteiger partial charge >= 0.3 is 0 Å². The van der Waals surface area contributed by atoms with E-state index in [9.17, 15) is 4.79 Å². The standard InChI is InChI=1S/C17H22N4O2/c1-11-9-18-10-15(19-11)16-5-4-8-21(16)17(22)7-6-14-12(2)20-23-13(14)3/h9-10,16H,4-8H2,1-3H3/t16-/m1/s1. The lowest BCUT2D eigenvalue weighted by atomic mass is 10.1. The van der Waals surface area contributed by atoms with Gasteiger partial charge in [0, 0.05) is 24.7 Å². The molecule has 6 nitrogen and oxygen atoms in total. The van der Waals surface area contributed by atoms with Crippen LogP contribution in [-0.2, 0) is 11.2 Å². The number of carbonyl (C=O) groups excluding carboxylic acids is 1. The van der Waals surface area contributed by atoms with Gasteiger partial charge in [-0.1, -0.05) is 5.16 Å². The van der Waals surface area contributed by atoms with Crippen molar-refractivity contribution in [2.45, 2.75) is 52.5 Å². The number of aromatic nitrogens is 3. The van der Waals surface area contributed by atoms with Crippen LogP contribution in [0.3, 0.4) is 0 Å². The van der Waals surface area contributed by atoms with E-state index in [2.05, 4.69) is 15.1 Å². The molecule has 1 atom stereocenters. The Hall–Kier alpha value is -2.24. The van der Waals surface area contributed by atoms with Gasteiger partial charge in [-0.15, -0.1) is 0 Å². The molecule has 1 amide bonds. The van der Waals surface area contributed by atoms with E-state index in [-0.39, 0.29) is 11.9 Å². The van der Waals surface area contributed by atoms with E-state index >= 15 is 0 Å². The minimum absolute atomic E-state index is 0.0552. The molecule has 0 bridgehead atoms. The zero-order valence-electron chi connectivity index (χ0n) is 13.9. The van der Waals surface area contributed by atoms with Crippen LogP contribution in [0.25, 0.3) is 0 Å². The number of likely N-dealkylation sites (tertiary alicyclic amines) is 1. The average Bonchev–Trinajstić information content (AvgIpc) is 3.13. The molecule has 0 aromatic carbocycles. The van der Waals surface area contributed by atoms with Gasteiger partial charge in [-0.25, -0.2) is 0 Å². The molecular weight excluding hydrogens is 292 g/mol. The lowest BCUT2D eigenvalue weighted by Crippen LogP contribution is -2.31. The van der Waals surface area contributed by atoms with Gasteiger partial charge in [-0.2, -0.15) is 0 Å². The summed E-state index contributed by atoms with van der Waals surface area (Å²) in [5.74, 6) is 0.966. The van der Waals surface area contributed by atoms with E-state index in [4.69, 9.17) is 4.52 Å². The highest BCUT2D eigenvalue weighted by atomic mass is 16.5. The van der Waals surface area contributed by atoms with E-state index in [1.54, 1.807) is 12.4 Å². The summed E-state index contributed by atoms with van der Waals surface area (Å²) in [5.41, 5.74) is 3.70. The summed E-state index contributed by atoms with van der Waals surface area (Å²) in [6.45, 7) is 6.52. The van der Waals surface area contributed by atoms with Crippen molar-refractivity contribution in [2.24, 2.45) is 0 Å². The first-order chi connectivity index (χ1) is 11.1. The second kappa shape index (κ2) is 6.48. The molecule has 2 aromatic heterocycles. The SMILES string of the molecule is Cc1cncc([C@H]2CCCN2C(=O)CCc2c(C)noc2C)n1. The molecule has 0 unspecified atom stereocenters. The van der Waals surface area contributed by atoms with Crippen molar-refractivity contribution in [2.75, 3.05) is 6.54 Å². The third-order valence-electron chi connectivity index (χ3n) is 4.46. The van der Waals surface area contributed by atoms with Crippen LogP contribution in [0, 0.1) is 20.8 Å². The molecular formula is C17H22N4O2. The molecule has 0 aliphatic carbocycles. The summed E-state index contributed by atoms with van der Waals surface area (Å²) in [4.78, 5) is 23.4. The van der Waals surface area contributed by atoms with Crippen LogP contribution in [0.4, 0.5) is 0 Å². The smallest absolute Gasteiger partial charge is 0.223 e. The topological polar surface area (TPSA) is 72.1 Å². The van der Waals surface area contributed by atoms with Crippen LogP contribution in [0.2, 0.25) is 0 Å². The van der Waals surface area contributed by atoms with E-state index < -0.39 is 0 Å². The molecule has 6 heteroatoms. The van der Waals surface area contributed by atoms with Crippen LogP contribution >= 0.6 is 0 Å². The largest absolute Gasteiger partial charge is 0.361 e. The summed E-state index contributed by atoms with van der Waals surface area (Å²) in [6.07, 6.45) is 6.62. The highest BCUT2D eigenvalue weighted by Crippen LogP contribution is 2.31. The van der Waals surface area contributed by atoms with Crippen molar-refractivity contribution in [3.63, 3.8) is 0 Å². The van der Waals surface area contributed by atoms with Gasteiger partial charge in [0.25, 0.3) is 0 Å². The van der Waals surface area contributed by atoms with Gasteiger partial charge in [0.15, 0.2) is 0 Å². The Balaban J connectivity index is 1.69. The van der Waals surface area contributed by atoms with Crippen LogP contribution < -0.4 is 0 Å². The van der Waals surface area contributed by atoms with E-state index in [1.807, 2.05) is 25.7 Å². The highest BCUT2D eigenvalue weighted by Gasteiger charge is 2.31. The fraction of sp³-hybridized carbons (Fsp3) is 0.529. The maximum Gasteiger partial charge on any atom is 0.223 e. The minimum Gasteiger partial charge on any atom is -0.361 e. The van der Waals surface area contributed by atoms with Crippen molar-refractivity contribution < 1.29 is 9.32 Å². The van der Waals surface area contributed by atoms with Crippen LogP contribution in [0.5, 0.6) is 0 Å². The van der Waals surface area contributed by atoms with Crippen molar-refractivity contribution >= 4 is 5.91 Å². The summed E-state index contributed by atoms with van der Waals surface area (Å²) in [7, 11) is 0. The normalized spacial score (nSPS) is 17.7. The number of nitrogens with zero attached hydrogens (tertiary/aromatic N) is 4. The molecule has 1 aliphatic rings. The molecule has 3 heterocycles. The number of amides is 1. The molecule has 1 fully saturated rings. The first kappa shape index (κ1) is 15.6. The number of hydrogen-bond donors (Lipinski definition) is 0. The number of rotatable bonds is 4. The maximum absolute atomic E-state index is 12.7. The Labute approximate surface area is 135 Å². The Morgan fingerprint density at radius 1 is 1.35 bits per heavy atom. The van der Waals surface area contributed by atoms with Crippen LogP contribution in [-0.4, -0.2) is 32.5 Å². The van der Waals surface area contributed by atoms with Crippen LogP contribution in [0.1, 0.15) is 53.7 Å². The minimum atomic E-state index is 0.0552. The monoisotopic (exact) mass is 314 g/mol. The number of aryl methyl sites for hydroxylation is 3. The average molecular weight is 314 g/mol. The summed E-state index contributed by atoms with van der Waals surface area (Å²) < 4.78 is 5.16. The Kier molecular flexibility index (Phi) is 4.41. The van der Waals surface area contributed by atoms with Crippen LogP contribution in [0.15, 0.2) is 16.9 Å². The molecule has 3 rings (SSSR count). The molecule has 2 aromatic rings. The lowest BCUT2D eigenvalue weighted by molar-refractivity contribution is -0.132. The molecule has 0 radical (unpaired) electrons. The molecule has 1 aliphatic heterocycles. The van der Waals surface area contributed by atoms with E-state index in [0.717, 1.165) is 47.8 Å². The summed E-state index contributed by atoms with van der Waals surface area (Å²) in [6, 6.07) is 0.0552. The van der Waals surface area contributed by atoms with Gasteiger partial charge in [-0.05, 0) is 40.0 Å². The Morgan fingerprint density at radius 2 is 2.17 bits per heavy atom. The van der Waals surface area contributed by atoms with Gasteiger partial charge < -0.3 is 9.42 Å². The van der Waals surface area contributed by atoms with Gasteiger partial charge in [0.2, 0.25) is 5.91 Å². The van der Waals surface area contributed by atoms with Gasteiger partial charge in [0.05, 0.1) is 29.3 Å². The second-order valence-electron chi connectivity index (χ2n) is 6.13. The second-order valence-corrected chi connectivity index (χ2v) is 6.13. The highest BCUT2D eigenvalue weighted by molar-refractivity contribution is 5.77. The lowest BCUT2D eigenvalue weighted by Gasteiger charge is -2.24. The predicted octanol–water partition coefficient (Wildman–Crippen LogP) is 2.69. The zero-order chi connectivity index (χ0) is 16.4. The van der Waals surface area contributed by atoms with Crippen molar-refractivity contribution in [1.82, 2.24) is 20.0 Å². The molecule has 122 valence electrons. The first-order valence-corrected chi connectivity index (χ1v) is 8.06. The third kappa shape index (κ3) is 3.25. The third-order valence-corrected chi connectivity index (χ3v) is 4.46.